The molecule has 0 N–H and O–H groups in total. The first-order valence-corrected chi connectivity index (χ1v) is 21.1. The van der Waals surface area contributed by atoms with Gasteiger partial charge >= 0.3 is 0 Å². The Bertz CT molecular complexity index is 3020. The highest BCUT2D eigenvalue weighted by Crippen LogP contribution is 2.50. The van der Waals surface area contributed by atoms with Crippen molar-refractivity contribution in [3.05, 3.63) is 137 Å². The van der Waals surface area contributed by atoms with Gasteiger partial charge in [-0.1, -0.05) is 126 Å². The summed E-state index contributed by atoms with van der Waals surface area (Å²) in [7, 11) is 0. The molecule has 57 heavy (non-hydrogen) atoms. The second-order valence-corrected chi connectivity index (χ2v) is 21.4. The lowest BCUT2D eigenvalue weighted by atomic mass is 9.85. The van der Waals surface area contributed by atoms with Crippen molar-refractivity contribution in [2.45, 2.75) is 105 Å². The largest absolute Gasteiger partial charge is 0.317 e. The van der Waals surface area contributed by atoms with Crippen LogP contribution in [0.2, 0.25) is 0 Å². The van der Waals surface area contributed by atoms with Gasteiger partial charge in [0.05, 0.1) is 40.0 Å². The first kappa shape index (κ1) is 37.2. The van der Waals surface area contributed by atoms with Gasteiger partial charge in [0.2, 0.25) is 5.69 Å². The van der Waals surface area contributed by atoms with Crippen molar-refractivity contribution < 1.29 is 0 Å². The number of fused-ring (bicyclic) bond motifs is 9. The lowest BCUT2D eigenvalue weighted by Crippen LogP contribution is -2.11. The third-order valence-electron chi connectivity index (χ3n) is 12.2. The van der Waals surface area contributed by atoms with Crippen LogP contribution in [0, 0.1) is 6.57 Å². The molecule has 286 valence electrons. The van der Waals surface area contributed by atoms with Gasteiger partial charge in [-0.15, -0.1) is 11.3 Å². The van der Waals surface area contributed by atoms with E-state index >= 15 is 0 Å². The summed E-state index contributed by atoms with van der Waals surface area (Å²) < 4.78 is 7.27. The summed E-state index contributed by atoms with van der Waals surface area (Å²) in [6, 6.07) is 39.0. The zero-order valence-corrected chi connectivity index (χ0v) is 36.4. The topological polar surface area (TPSA) is 14.2 Å². The number of rotatable bonds is 2. The fourth-order valence-electron chi connectivity index (χ4n) is 8.76. The van der Waals surface area contributed by atoms with E-state index in [0.29, 0.717) is 5.69 Å². The van der Waals surface area contributed by atoms with E-state index in [2.05, 4.69) is 200 Å². The van der Waals surface area contributed by atoms with Crippen LogP contribution in [0.25, 0.3) is 80.0 Å². The highest BCUT2D eigenvalue weighted by molar-refractivity contribution is 7.26. The van der Waals surface area contributed by atoms with Crippen molar-refractivity contribution in [3.8, 4) is 11.4 Å². The maximum atomic E-state index is 8.89. The summed E-state index contributed by atoms with van der Waals surface area (Å²) in [6.45, 7) is 36.4. The smallest absolute Gasteiger partial charge is 0.214 e. The Morgan fingerprint density at radius 3 is 1.16 bits per heavy atom. The van der Waals surface area contributed by atoms with Crippen LogP contribution in [-0.4, -0.2) is 9.13 Å². The van der Waals surface area contributed by atoms with Crippen LogP contribution in [0.1, 0.15) is 105 Å². The molecule has 0 unspecified atom stereocenters. The van der Waals surface area contributed by atoms with E-state index in [1.165, 1.54) is 59.3 Å². The Hall–Kier alpha value is -5.37. The standard InChI is InChI=1S/C53H53N3S/c1-50(2,3)31-18-22-41-36(26-31)37-27-32(51(4,5)6)19-23-42(37)55(41)48-40(54-13)30-46-47(35-16-14-15-17-45(35)57-46)49(48)56-43-24-20-33(52(7,8)9)28-38(43)39-29-34(53(10,11)12)21-25-44(39)56/h14-30H,1-12H3. The van der Waals surface area contributed by atoms with E-state index < -0.39 is 0 Å². The molecule has 3 aromatic heterocycles. The van der Waals surface area contributed by atoms with Crippen LogP contribution >= 0.6 is 11.3 Å². The summed E-state index contributed by atoms with van der Waals surface area (Å²) in [4.78, 5) is 4.42. The summed E-state index contributed by atoms with van der Waals surface area (Å²) in [5, 5.41) is 7.30. The van der Waals surface area contributed by atoms with Crippen LogP contribution in [0.5, 0.6) is 0 Å². The van der Waals surface area contributed by atoms with Crippen molar-refractivity contribution >= 4 is 80.8 Å². The number of aromatic nitrogens is 2. The third-order valence-corrected chi connectivity index (χ3v) is 13.3. The molecular weight excluding hydrogens is 711 g/mol. The fraction of sp³-hybridized carbons (Fsp3) is 0.302. The van der Waals surface area contributed by atoms with Gasteiger partial charge in [-0.25, -0.2) is 4.85 Å². The van der Waals surface area contributed by atoms with Gasteiger partial charge in [0.1, 0.15) is 0 Å². The van der Waals surface area contributed by atoms with Gasteiger partial charge in [0.25, 0.3) is 0 Å². The van der Waals surface area contributed by atoms with E-state index in [1.807, 2.05) is 0 Å². The number of hydrogen-bond acceptors (Lipinski definition) is 1. The monoisotopic (exact) mass is 763 g/mol. The number of nitrogens with zero attached hydrogens (tertiary/aromatic N) is 3. The van der Waals surface area contributed by atoms with Crippen LogP contribution in [0.3, 0.4) is 0 Å². The Morgan fingerprint density at radius 1 is 0.421 bits per heavy atom. The fourth-order valence-corrected chi connectivity index (χ4v) is 9.90. The molecule has 0 aliphatic carbocycles. The molecule has 0 aliphatic rings. The molecule has 0 atom stereocenters. The predicted octanol–water partition coefficient (Wildman–Crippen LogP) is 16.0. The molecule has 0 saturated heterocycles. The molecule has 0 aliphatic heterocycles. The number of benzene rings is 6. The highest BCUT2D eigenvalue weighted by Gasteiger charge is 2.29. The summed E-state index contributed by atoms with van der Waals surface area (Å²) >= 11 is 1.78. The van der Waals surface area contributed by atoms with Crippen LogP contribution in [-0.2, 0) is 21.7 Å². The quantitative estimate of drug-likeness (QED) is 0.156. The van der Waals surface area contributed by atoms with Crippen molar-refractivity contribution in [1.29, 1.82) is 0 Å². The molecule has 9 aromatic rings. The maximum absolute atomic E-state index is 8.89. The van der Waals surface area contributed by atoms with Crippen molar-refractivity contribution in [1.82, 2.24) is 9.13 Å². The normalized spacial score (nSPS) is 13.2. The average Bonchev–Trinajstić information content (AvgIpc) is 3.79. The summed E-state index contributed by atoms with van der Waals surface area (Å²) in [5.74, 6) is 0. The Balaban J connectivity index is 1.54. The molecule has 0 saturated carbocycles. The maximum Gasteiger partial charge on any atom is 0.214 e. The van der Waals surface area contributed by atoms with E-state index in [0.717, 1.165) is 38.1 Å². The zero-order valence-electron chi connectivity index (χ0n) is 35.6. The second-order valence-electron chi connectivity index (χ2n) is 20.3. The van der Waals surface area contributed by atoms with Gasteiger partial charge in [-0.2, -0.15) is 0 Å². The Labute approximate surface area is 341 Å². The lowest BCUT2D eigenvalue weighted by molar-refractivity contribution is 0.590. The second kappa shape index (κ2) is 12.3. The molecule has 0 spiro atoms. The lowest BCUT2D eigenvalue weighted by Gasteiger charge is -2.22. The first-order valence-electron chi connectivity index (χ1n) is 20.3. The van der Waals surface area contributed by atoms with Gasteiger partial charge in [0, 0.05) is 41.7 Å². The third kappa shape index (κ3) is 5.80. The van der Waals surface area contributed by atoms with Crippen LogP contribution in [0.15, 0.2) is 103 Å². The number of thiophene rings is 1. The number of hydrogen-bond donors (Lipinski definition) is 0. The molecule has 3 heterocycles. The molecular formula is C53H53N3S. The summed E-state index contributed by atoms with van der Waals surface area (Å²) in [6.07, 6.45) is 0. The predicted molar refractivity (Wildman–Crippen MR) is 249 cm³/mol. The molecule has 0 amide bonds. The van der Waals surface area contributed by atoms with Gasteiger partial charge in [-0.05, 0) is 105 Å². The molecule has 4 heteroatoms. The zero-order chi connectivity index (χ0) is 40.6. The first-order chi connectivity index (χ1) is 26.8. The SMILES string of the molecule is [C-]#[N+]c1cc2sc3ccccc3c2c(-n2c3ccc(C(C)(C)C)cc3c3cc(C(C)(C)C)ccc32)c1-n1c2ccc(C(C)(C)C)cc2c2cc(C(C)(C)C)ccc21. The molecule has 0 bridgehead atoms. The highest BCUT2D eigenvalue weighted by atomic mass is 32.1. The van der Waals surface area contributed by atoms with E-state index in [-0.39, 0.29) is 21.7 Å². The molecule has 9 rings (SSSR count). The molecule has 6 aromatic carbocycles. The van der Waals surface area contributed by atoms with Gasteiger partial charge in [0.15, 0.2) is 0 Å². The van der Waals surface area contributed by atoms with Crippen LogP contribution in [0.4, 0.5) is 5.69 Å². The van der Waals surface area contributed by atoms with Crippen molar-refractivity contribution in [3.63, 3.8) is 0 Å². The van der Waals surface area contributed by atoms with Crippen molar-refractivity contribution in [2.75, 3.05) is 0 Å². The van der Waals surface area contributed by atoms with Gasteiger partial charge in [-0.3, -0.25) is 0 Å². The van der Waals surface area contributed by atoms with E-state index in [9.17, 15) is 0 Å². The van der Waals surface area contributed by atoms with Crippen LogP contribution < -0.4 is 0 Å². The van der Waals surface area contributed by atoms with Crippen molar-refractivity contribution in [2.24, 2.45) is 0 Å². The summed E-state index contributed by atoms with van der Waals surface area (Å²) in [5.41, 5.74) is 12.3. The van der Waals surface area contributed by atoms with Gasteiger partial charge < -0.3 is 9.13 Å². The Kier molecular flexibility index (Phi) is 8.04. The minimum Gasteiger partial charge on any atom is -0.317 e. The molecule has 0 fully saturated rings. The molecule has 3 nitrogen and oxygen atoms in total. The minimum atomic E-state index is -0.0215. The van der Waals surface area contributed by atoms with E-state index in [4.69, 9.17) is 6.57 Å². The van der Waals surface area contributed by atoms with E-state index in [1.54, 1.807) is 11.3 Å². The average molecular weight is 764 g/mol. The Morgan fingerprint density at radius 2 is 0.789 bits per heavy atom. The molecule has 0 radical (unpaired) electrons. The minimum absolute atomic E-state index is 0.0168.